The van der Waals surface area contributed by atoms with E-state index < -0.39 is 24.6 Å². The summed E-state index contributed by atoms with van der Waals surface area (Å²) >= 11 is 1.83. The number of rotatable bonds is 26. The number of hydrogen-bond donors (Lipinski definition) is 3. The van der Waals surface area contributed by atoms with E-state index in [0.29, 0.717) is 83.5 Å². The van der Waals surface area contributed by atoms with Gasteiger partial charge in [0.15, 0.2) is 0 Å². The minimum absolute atomic E-state index is 0.118. The highest BCUT2D eigenvalue weighted by Crippen LogP contribution is 2.33. The molecule has 3 amide bonds. The quantitative estimate of drug-likeness (QED) is 0.0230. The molecule has 16 nitrogen and oxygen atoms in total. The van der Waals surface area contributed by atoms with Gasteiger partial charge >= 0.3 is 18.0 Å². The van der Waals surface area contributed by atoms with E-state index in [9.17, 15) is 19.2 Å². The van der Waals surface area contributed by atoms with E-state index in [2.05, 4.69) is 20.7 Å². The van der Waals surface area contributed by atoms with Crippen molar-refractivity contribution >= 4 is 35.6 Å². The molecule has 4 N–H and O–H groups in total. The number of nitrogens with two attached hydrogens (primary N) is 1. The number of carbonyl (C=O) groups excluding carboxylic acids is 4. The third kappa shape index (κ3) is 15.9. The Balaban J connectivity index is 1.57. The van der Waals surface area contributed by atoms with Gasteiger partial charge in [-0.05, 0) is 50.6 Å². The SMILES string of the molecule is CN(C(=O)CCCC[C@@H]1SC[C@@H]2NC(=O)N[C@@H]21)[C@@H](CCCCN)C(=O)OC(=O)COCCOCCOCCOCCCN=[N+]=[N-]. The maximum absolute atomic E-state index is 12.9. The van der Waals surface area contributed by atoms with E-state index in [-0.39, 0.29) is 43.7 Å². The van der Waals surface area contributed by atoms with Gasteiger partial charge in [-0.1, -0.05) is 11.5 Å². The van der Waals surface area contributed by atoms with Crippen LogP contribution in [0, 0.1) is 0 Å². The lowest BCUT2D eigenvalue weighted by molar-refractivity contribution is -0.168. The van der Waals surface area contributed by atoms with Gasteiger partial charge in [0.05, 0.1) is 51.7 Å². The maximum Gasteiger partial charge on any atom is 0.339 e. The Morgan fingerprint density at radius 3 is 2.38 bits per heavy atom. The van der Waals surface area contributed by atoms with Gasteiger partial charge in [-0.3, -0.25) is 4.79 Å². The molecule has 2 fully saturated rings. The number of fused-ring (bicyclic) bond motifs is 1. The molecule has 256 valence electrons. The van der Waals surface area contributed by atoms with Crippen molar-refractivity contribution in [1.29, 1.82) is 0 Å². The number of nitrogens with one attached hydrogen (secondary N) is 2. The van der Waals surface area contributed by atoms with Gasteiger partial charge in [0, 0.05) is 42.5 Å². The van der Waals surface area contributed by atoms with E-state index in [1.807, 2.05) is 11.8 Å². The summed E-state index contributed by atoms with van der Waals surface area (Å²) in [5.41, 5.74) is 13.8. The Morgan fingerprint density at radius 2 is 1.69 bits per heavy atom. The molecule has 17 heteroatoms. The number of hydrogen-bond acceptors (Lipinski definition) is 12. The van der Waals surface area contributed by atoms with Gasteiger partial charge in [-0.25, -0.2) is 14.4 Å². The molecular formula is C28H49N7O9S. The van der Waals surface area contributed by atoms with Crippen LogP contribution in [-0.4, -0.2) is 131 Å². The molecule has 0 bridgehead atoms. The molecular weight excluding hydrogens is 610 g/mol. The van der Waals surface area contributed by atoms with E-state index in [1.54, 1.807) is 7.05 Å². The van der Waals surface area contributed by atoms with Gasteiger partial charge in [0.25, 0.3) is 0 Å². The van der Waals surface area contributed by atoms with Crippen molar-refractivity contribution in [3.8, 4) is 0 Å². The van der Waals surface area contributed by atoms with Crippen LogP contribution in [0.2, 0.25) is 0 Å². The highest BCUT2D eigenvalue weighted by Gasteiger charge is 2.42. The molecule has 2 saturated heterocycles. The molecule has 0 aromatic carbocycles. The maximum atomic E-state index is 12.9. The van der Waals surface area contributed by atoms with Crippen molar-refractivity contribution in [1.82, 2.24) is 15.5 Å². The van der Waals surface area contributed by atoms with Crippen LogP contribution < -0.4 is 16.4 Å². The molecule has 2 aliphatic rings. The molecule has 2 aliphatic heterocycles. The molecule has 0 radical (unpaired) electrons. The van der Waals surface area contributed by atoms with Gasteiger partial charge in [-0.2, -0.15) is 11.8 Å². The van der Waals surface area contributed by atoms with E-state index >= 15 is 0 Å². The molecule has 0 aromatic heterocycles. The average molecular weight is 660 g/mol. The van der Waals surface area contributed by atoms with Crippen LogP contribution in [-0.2, 0) is 38.1 Å². The summed E-state index contributed by atoms with van der Waals surface area (Å²) in [4.78, 5) is 53.6. The van der Waals surface area contributed by atoms with Crippen LogP contribution in [0.4, 0.5) is 4.79 Å². The first-order chi connectivity index (χ1) is 21.9. The van der Waals surface area contributed by atoms with Gasteiger partial charge in [-0.15, -0.1) is 0 Å². The lowest BCUT2D eigenvalue weighted by Gasteiger charge is -2.26. The summed E-state index contributed by atoms with van der Waals surface area (Å²) in [6.45, 7) is 2.83. The average Bonchev–Trinajstić information content (AvgIpc) is 3.58. The second-order valence-electron chi connectivity index (χ2n) is 10.7. The highest BCUT2D eigenvalue weighted by molar-refractivity contribution is 8.00. The minimum Gasteiger partial charge on any atom is -0.390 e. The van der Waals surface area contributed by atoms with Crippen molar-refractivity contribution in [2.45, 2.75) is 74.7 Å². The monoisotopic (exact) mass is 659 g/mol. The number of unbranched alkanes of at least 4 members (excludes halogenated alkanes) is 2. The molecule has 0 saturated carbocycles. The predicted molar refractivity (Wildman–Crippen MR) is 166 cm³/mol. The Labute approximate surface area is 268 Å². The fraction of sp³-hybridized carbons (Fsp3) is 0.857. The van der Waals surface area contributed by atoms with Crippen LogP contribution in [0.25, 0.3) is 10.4 Å². The number of nitrogens with zero attached hydrogens (tertiary/aromatic N) is 4. The first kappa shape index (κ1) is 38.5. The number of likely N-dealkylation sites (N-methyl/N-ethyl adjacent to an activating group) is 1. The van der Waals surface area contributed by atoms with Gasteiger partial charge in [0.1, 0.15) is 12.6 Å². The van der Waals surface area contributed by atoms with Crippen LogP contribution in [0.1, 0.15) is 51.4 Å². The molecule has 2 rings (SSSR count). The molecule has 0 aromatic rings. The van der Waals surface area contributed by atoms with Crippen molar-refractivity contribution in [3.05, 3.63) is 10.4 Å². The summed E-state index contributed by atoms with van der Waals surface area (Å²) in [5.74, 6) is -0.940. The van der Waals surface area contributed by atoms with Crippen molar-refractivity contribution in [3.63, 3.8) is 0 Å². The standard InChI is InChI=1S/C28H49N7O9S/c1-35(24(36)9-3-2-8-23-26-21(20-45-23)32-28(39)33-26)22(7-4-5-10-29)27(38)44-25(37)19-43-18-17-42-16-15-41-14-13-40-12-6-11-31-34-30/h21-23,26H,2-20,29H2,1H3,(H2,32,33,39)/t21-,22-,23-,26-/m0/s1. The molecule has 0 aliphatic carbocycles. The zero-order valence-corrected chi connectivity index (χ0v) is 27.0. The molecule has 0 spiro atoms. The minimum atomic E-state index is -0.898. The summed E-state index contributed by atoms with van der Waals surface area (Å²) < 4.78 is 26.3. The zero-order valence-electron chi connectivity index (χ0n) is 26.2. The molecule has 0 unspecified atom stereocenters. The molecule has 45 heavy (non-hydrogen) atoms. The van der Waals surface area contributed by atoms with Crippen molar-refractivity contribution in [2.75, 3.05) is 78.7 Å². The number of ether oxygens (including phenoxy) is 5. The van der Waals surface area contributed by atoms with E-state index in [1.165, 1.54) is 4.90 Å². The van der Waals surface area contributed by atoms with Crippen LogP contribution in [0.15, 0.2) is 5.11 Å². The lowest BCUT2D eigenvalue weighted by Crippen LogP contribution is -2.44. The number of amides is 3. The smallest absolute Gasteiger partial charge is 0.339 e. The Hall–Kier alpha value is -2.66. The van der Waals surface area contributed by atoms with Crippen LogP contribution >= 0.6 is 11.8 Å². The van der Waals surface area contributed by atoms with Gasteiger partial charge < -0.3 is 45.0 Å². The molecule has 2 heterocycles. The topological polar surface area (TPSA) is 217 Å². The fourth-order valence-electron chi connectivity index (χ4n) is 4.87. The number of azide groups is 1. The number of urea groups is 1. The predicted octanol–water partition coefficient (Wildman–Crippen LogP) is 1.50. The molecule has 4 atom stereocenters. The Bertz CT molecular complexity index is 957. The first-order valence-electron chi connectivity index (χ1n) is 15.6. The zero-order chi connectivity index (χ0) is 32.7. The second kappa shape index (κ2) is 23.6. The van der Waals surface area contributed by atoms with Crippen molar-refractivity contribution in [2.24, 2.45) is 10.8 Å². The first-order valence-corrected chi connectivity index (χ1v) is 16.6. The van der Waals surface area contributed by atoms with Crippen LogP contribution in [0.3, 0.4) is 0 Å². The Morgan fingerprint density at radius 1 is 1.00 bits per heavy atom. The van der Waals surface area contributed by atoms with Crippen LogP contribution in [0.5, 0.6) is 0 Å². The summed E-state index contributed by atoms with van der Waals surface area (Å²) in [6.07, 6.45) is 4.90. The van der Waals surface area contributed by atoms with Gasteiger partial charge in [0.2, 0.25) is 5.91 Å². The second-order valence-corrected chi connectivity index (χ2v) is 11.9. The fourth-order valence-corrected chi connectivity index (χ4v) is 6.42. The number of esters is 2. The number of carbonyl (C=O) groups is 4. The summed E-state index contributed by atoms with van der Waals surface area (Å²) in [7, 11) is 1.55. The third-order valence-corrected chi connectivity index (χ3v) is 8.80. The summed E-state index contributed by atoms with van der Waals surface area (Å²) in [6, 6.07) is -0.723. The summed E-state index contributed by atoms with van der Waals surface area (Å²) in [5, 5.41) is 9.64. The normalized spacial score (nSPS) is 19.2. The Kier molecular flexibility index (Phi) is 20.2. The highest BCUT2D eigenvalue weighted by atomic mass is 32.2. The van der Waals surface area contributed by atoms with E-state index in [0.717, 1.165) is 18.6 Å². The third-order valence-electron chi connectivity index (χ3n) is 7.29. The van der Waals surface area contributed by atoms with E-state index in [4.69, 9.17) is 34.9 Å². The number of thioether (sulfide) groups is 1. The van der Waals surface area contributed by atoms with Crippen molar-refractivity contribution < 1.29 is 42.9 Å². The lowest BCUT2D eigenvalue weighted by atomic mass is 10.0. The largest absolute Gasteiger partial charge is 0.390 e.